The number of rotatable bonds is 1. The van der Waals surface area contributed by atoms with E-state index in [0.717, 1.165) is 0 Å². The Morgan fingerprint density at radius 3 is 1.21 bits per heavy atom. The quantitative estimate of drug-likeness (QED) is 0.320. The maximum absolute atomic E-state index is 12.7. The topological polar surface area (TPSA) is 3.24 Å². The zero-order chi connectivity index (χ0) is 11.0. The highest BCUT2D eigenvalue weighted by atomic mass is 35.5. The molecule has 0 N–H and O–H groups in total. The highest BCUT2D eigenvalue weighted by Gasteiger charge is 2.28. The van der Waals surface area contributed by atoms with Gasteiger partial charge in [-0.15, -0.1) is 0 Å². The van der Waals surface area contributed by atoms with E-state index in [9.17, 15) is 22.0 Å². The van der Waals surface area contributed by atoms with E-state index in [4.69, 9.17) is 23.6 Å². The van der Waals surface area contributed by atoms with Gasteiger partial charge in [-0.1, -0.05) is 0 Å². The normalized spacial score (nSPS) is 10.5. The Bertz CT molecular complexity index is 352. The predicted octanol–water partition coefficient (Wildman–Crippen LogP) is 3.50. The van der Waals surface area contributed by atoms with Crippen molar-refractivity contribution in [2.24, 2.45) is 0 Å². The minimum absolute atomic E-state index is 0.240. The third kappa shape index (κ3) is 1.59. The van der Waals surface area contributed by atoms with Gasteiger partial charge in [-0.05, 0) is 0 Å². The summed E-state index contributed by atoms with van der Waals surface area (Å²) >= 11 is 9.75. The fourth-order valence-corrected chi connectivity index (χ4v) is 1.04. The largest absolute Gasteiger partial charge is 0.201 e. The summed E-state index contributed by atoms with van der Waals surface area (Å²) in [6.07, 6.45) is 0. The molecule has 0 heterocycles. The molecular weight excluding hydrogens is 252 g/mol. The average Bonchev–Trinajstić information content (AvgIpc) is 2.11. The van der Waals surface area contributed by atoms with Crippen LogP contribution in [-0.2, 0) is 0 Å². The number of hydrogen-bond acceptors (Lipinski definition) is 1. The smallest absolute Gasteiger partial charge is 0.200 e. The van der Waals surface area contributed by atoms with E-state index in [1.807, 2.05) is 0 Å². The van der Waals surface area contributed by atoms with Crippen LogP contribution >= 0.6 is 23.6 Å². The fourth-order valence-electron chi connectivity index (χ4n) is 0.742. The van der Waals surface area contributed by atoms with Crippen LogP contribution in [0.15, 0.2) is 0 Å². The molecule has 0 aromatic heterocycles. The Morgan fingerprint density at radius 2 is 0.929 bits per heavy atom. The van der Waals surface area contributed by atoms with Crippen LogP contribution in [0.4, 0.5) is 27.6 Å². The number of anilines is 1. The van der Waals surface area contributed by atoms with E-state index in [1.54, 1.807) is 0 Å². The highest BCUT2D eigenvalue weighted by molar-refractivity contribution is 6.49. The van der Waals surface area contributed by atoms with Gasteiger partial charge in [0, 0.05) is 23.6 Å². The van der Waals surface area contributed by atoms with Crippen LogP contribution in [0.5, 0.6) is 0 Å². The molecular formula is C6Cl2F5N. The molecule has 0 bridgehead atoms. The number of nitrogens with zero attached hydrogens (tertiary/aromatic N) is 1. The zero-order valence-corrected chi connectivity index (χ0v) is 7.60. The highest BCUT2D eigenvalue weighted by Crippen LogP contribution is 2.32. The van der Waals surface area contributed by atoms with Crippen molar-refractivity contribution in [1.82, 2.24) is 0 Å². The first-order chi connectivity index (χ1) is 6.37. The lowest BCUT2D eigenvalue weighted by Gasteiger charge is -2.09. The monoisotopic (exact) mass is 251 g/mol. The summed E-state index contributed by atoms with van der Waals surface area (Å²) in [7, 11) is 0. The Kier molecular flexibility index (Phi) is 3.06. The Labute approximate surface area is 84.8 Å². The summed E-state index contributed by atoms with van der Waals surface area (Å²) in [4.78, 5) is 0. The minimum atomic E-state index is -2.26. The van der Waals surface area contributed by atoms with E-state index in [2.05, 4.69) is 0 Å². The average molecular weight is 252 g/mol. The van der Waals surface area contributed by atoms with Crippen LogP contribution < -0.4 is 3.94 Å². The summed E-state index contributed by atoms with van der Waals surface area (Å²) in [5.41, 5.74) is -1.41. The fraction of sp³-hybridized carbons (Fsp3) is 0. The van der Waals surface area contributed by atoms with E-state index in [0.29, 0.717) is 0 Å². The molecule has 1 nitrogen and oxygen atoms in total. The third-order valence-corrected chi connectivity index (χ3v) is 1.69. The first-order valence-electron chi connectivity index (χ1n) is 3.01. The molecule has 8 heteroatoms. The molecule has 0 aliphatic carbocycles. The molecule has 0 unspecified atom stereocenters. The molecule has 1 rings (SSSR count). The van der Waals surface area contributed by atoms with Crippen LogP contribution in [0, 0.1) is 29.1 Å². The van der Waals surface area contributed by atoms with Crippen LogP contribution in [0.3, 0.4) is 0 Å². The van der Waals surface area contributed by atoms with E-state index >= 15 is 0 Å². The van der Waals surface area contributed by atoms with E-state index in [1.165, 1.54) is 0 Å². The van der Waals surface area contributed by atoms with Gasteiger partial charge in [-0.2, -0.15) is 3.94 Å². The lowest BCUT2D eigenvalue weighted by atomic mass is 10.2. The molecule has 0 aliphatic heterocycles. The van der Waals surface area contributed by atoms with Gasteiger partial charge in [0.1, 0.15) is 5.69 Å². The number of halogens is 7. The maximum Gasteiger partial charge on any atom is 0.200 e. The maximum atomic E-state index is 12.7. The van der Waals surface area contributed by atoms with Gasteiger partial charge < -0.3 is 0 Å². The predicted molar refractivity (Wildman–Crippen MR) is 40.4 cm³/mol. The zero-order valence-electron chi connectivity index (χ0n) is 6.09. The molecule has 0 aliphatic rings. The summed E-state index contributed by atoms with van der Waals surface area (Å²) in [6.45, 7) is 0. The Hall–Kier alpha value is -0.750. The van der Waals surface area contributed by atoms with Gasteiger partial charge in [-0.25, -0.2) is 22.0 Å². The van der Waals surface area contributed by atoms with Crippen LogP contribution in [0.25, 0.3) is 0 Å². The summed E-state index contributed by atoms with van der Waals surface area (Å²) in [6, 6.07) is 0. The Balaban J connectivity index is 3.60. The lowest BCUT2D eigenvalue weighted by Crippen LogP contribution is -2.08. The van der Waals surface area contributed by atoms with Crippen molar-refractivity contribution < 1.29 is 22.0 Å². The molecule has 1 aromatic carbocycles. The molecule has 0 atom stereocenters. The molecule has 0 spiro atoms. The standard InChI is InChI=1S/C6Cl2F5N/c7-14(8)6-4(12)2(10)1(9)3(11)5(6)13. The first kappa shape index (κ1) is 11.3. The molecule has 1 aromatic rings. The molecule has 0 amide bonds. The van der Waals surface area contributed by atoms with Crippen LogP contribution in [-0.4, -0.2) is 0 Å². The van der Waals surface area contributed by atoms with Crippen molar-refractivity contribution >= 4 is 29.2 Å². The van der Waals surface area contributed by atoms with Gasteiger partial charge in [0.05, 0.1) is 0 Å². The van der Waals surface area contributed by atoms with Crippen molar-refractivity contribution in [3.8, 4) is 0 Å². The SMILES string of the molecule is Fc1c(F)c(F)c(N(Cl)Cl)c(F)c1F. The molecule has 0 radical (unpaired) electrons. The number of benzene rings is 1. The molecule has 0 saturated heterocycles. The van der Waals surface area contributed by atoms with Crippen LogP contribution in [0.1, 0.15) is 0 Å². The molecule has 78 valence electrons. The van der Waals surface area contributed by atoms with Gasteiger partial charge in [0.2, 0.25) is 5.82 Å². The van der Waals surface area contributed by atoms with Gasteiger partial charge in [0.25, 0.3) is 0 Å². The van der Waals surface area contributed by atoms with Crippen LogP contribution in [0.2, 0.25) is 0 Å². The van der Waals surface area contributed by atoms with Gasteiger partial charge >= 0.3 is 0 Å². The van der Waals surface area contributed by atoms with Crippen molar-refractivity contribution in [3.63, 3.8) is 0 Å². The summed E-state index contributed by atoms with van der Waals surface area (Å²) < 4.78 is 62.5. The first-order valence-corrected chi connectivity index (χ1v) is 3.68. The second kappa shape index (κ2) is 3.78. The lowest BCUT2D eigenvalue weighted by molar-refractivity contribution is 0.381. The molecule has 0 fully saturated rings. The third-order valence-electron chi connectivity index (χ3n) is 1.36. The summed E-state index contributed by atoms with van der Waals surface area (Å²) in [5, 5.41) is 0. The van der Waals surface area contributed by atoms with Gasteiger partial charge in [-0.3, -0.25) is 0 Å². The Morgan fingerprint density at radius 1 is 0.643 bits per heavy atom. The minimum Gasteiger partial charge on any atom is -0.201 e. The molecule has 14 heavy (non-hydrogen) atoms. The van der Waals surface area contributed by atoms with E-state index in [-0.39, 0.29) is 3.94 Å². The molecule has 0 saturated carbocycles. The van der Waals surface area contributed by atoms with Gasteiger partial charge in [0.15, 0.2) is 23.3 Å². The van der Waals surface area contributed by atoms with Crippen molar-refractivity contribution in [3.05, 3.63) is 29.1 Å². The van der Waals surface area contributed by atoms with Crippen molar-refractivity contribution in [2.75, 3.05) is 3.94 Å². The second-order valence-electron chi connectivity index (χ2n) is 2.15. The van der Waals surface area contributed by atoms with E-state index < -0.39 is 34.8 Å². The summed E-state index contributed by atoms with van der Waals surface area (Å²) in [5.74, 6) is -10.7. The van der Waals surface area contributed by atoms with Crippen molar-refractivity contribution in [1.29, 1.82) is 0 Å². The van der Waals surface area contributed by atoms with Crippen molar-refractivity contribution in [2.45, 2.75) is 0 Å². The second-order valence-corrected chi connectivity index (χ2v) is 3.00. The number of hydrogen-bond donors (Lipinski definition) is 0.